The largest absolute Gasteiger partial charge is 0.337 e. The van der Waals surface area contributed by atoms with E-state index in [2.05, 4.69) is 16.2 Å². The van der Waals surface area contributed by atoms with Crippen LogP contribution in [0.4, 0.5) is 0 Å². The van der Waals surface area contributed by atoms with Crippen molar-refractivity contribution >= 4 is 5.91 Å². The number of aromatic nitrogens is 1. The number of pyridine rings is 1. The first-order valence-electron chi connectivity index (χ1n) is 4.46. The Labute approximate surface area is 83.6 Å². The number of terminal acetylenes is 1. The summed E-state index contributed by atoms with van der Waals surface area (Å²) in [4.78, 5) is 15.4. The molecule has 1 aromatic heterocycles. The molecular formula is C11H12N2O. The molecule has 1 aromatic rings. The number of hydrogen-bond acceptors (Lipinski definition) is 2. The van der Waals surface area contributed by atoms with Crippen LogP contribution in [0.25, 0.3) is 0 Å². The molecular weight excluding hydrogens is 176 g/mol. The maximum Gasteiger partial charge on any atom is 0.270 e. The average Bonchev–Trinajstić information content (AvgIpc) is 2.26. The first kappa shape index (κ1) is 10.3. The first-order chi connectivity index (χ1) is 6.77. The molecule has 0 saturated carbocycles. The minimum absolute atomic E-state index is 0.218. The molecule has 0 saturated heterocycles. The fourth-order valence-electron chi connectivity index (χ4n) is 0.991. The lowest BCUT2D eigenvalue weighted by Crippen LogP contribution is -2.33. The minimum Gasteiger partial charge on any atom is -0.337 e. The molecule has 0 aliphatic carbocycles. The Bertz CT molecular complexity index is 340. The highest BCUT2D eigenvalue weighted by Crippen LogP contribution is 1.95. The van der Waals surface area contributed by atoms with Crippen molar-refractivity contribution in [1.82, 2.24) is 10.3 Å². The summed E-state index contributed by atoms with van der Waals surface area (Å²) >= 11 is 0. The Balaban J connectivity index is 2.64. The van der Waals surface area contributed by atoms with E-state index >= 15 is 0 Å². The Kier molecular flexibility index (Phi) is 3.69. The third-order valence-corrected chi connectivity index (χ3v) is 1.81. The van der Waals surface area contributed by atoms with Crippen molar-refractivity contribution in [3.05, 3.63) is 30.1 Å². The van der Waals surface area contributed by atoms with Crippen molar-refractivity contribution in [3.63, 3.8) is 0 Å². The summed E-state index contributed by atoms with van der Waals surface area (Å²) < 4.78 is 0. The van der Waals surface area contributed by atoms with Gasteiger partial charge in [0.05, 0.1) is 6.04 Å². The Morgan fingerprint density at radius 3 is 3.00 bits per heavy atom. The number of nitrogens with one attached hydrogen (secondary N) is 1. The number of rotatable bonds is 3. The van der Waals surface area contributed by atoms with Crippen molar-refractivity contribution in [1.29, 1.82) is 0 Å². The molecule has 1 N–H and O–H groups in total. The predicted molar refractivity (Wildman–Crippen MR) is 54.6 cm³/mol. The minimum atomic E-state index is -0.226. The molecule has 1 heterocycles. The number of amides is 1. The number of hydrogen-bond donors (Lipinski definition) is 1. The Morgan fingerprint density at radius 2 is 2.50 bits per heavy atom. The highest BCUT2D eigenvalue weighted by molar-refractivity contribution is 5.92. The zero-order valence-corrected chi connectivity index (χ0v) is 8.03. The third-order valence-electron chi connectivity index (χ3n) is 1.81. The molecule has 3 nitrogen and oxygen atoms in total. The van der Waals surface area contributed by atoms with E-state index in [9.17, 15) is 4.79 Å². The summed E-state index contributed by atoms with van der Waals surface area (Å²) in [6, 6.07) is 4.96. The van der Waals surface area contributed by atoms with E-state index in [1.807, 2.05) is 6.92 Å². The first-order valence-corrected chi connectivity index (χ1v) is 4.46. The van der Waals surface area contributed by atoms with Crippen LogP contribution in [0.2, 0.25) is 0 Å². The quantitative estimate of drug-likeness (QED) is 0.725. The third kappa shape index (κ3) is 2.60. The van der Waals surface area contributed by atoms with Crippen LogP contribution in [0, 0.1) is 12.3 Å². The Hall–Kier alpha value is -1.82. The number of carbonyl (C=O) groups is 1. The molecule has 1 amide bonds. The van der Waals surface area contributed by atoms with Gasteiger partial charge < -0.3 is 5.32 Å². The van der Waals surface area contributed by atoms with Crippen molar-refractivity contribution in [2.45, 2.75) is 19.4 Å². The molecule has 1 atom stereocenters. The number of carbonyl (C=O) groups excluding carboxylic acids is 1. The molecule has 0 radical (unpaired) electrons. The van der Waals surface area contributed by atoms with Crippen LogP contribution in [0.5, 0.6) is 0 Å². The van der Waals surface area contributed by atoms with Gasteiger partial charge in [0.2, 0.25) is 0 Å². The molecule has 1 rings (SSSR count). The molecule has 3 heteroatoms. The van der Waals surface area contributed by atoms with Crippen molar-refractivity contribution in [2.75, 3.05) is 0 Å². The monoisotopic (exact) mass is 188 g/mol. The summed E-state index contributed by atoms with van der Waals surface area (Å²) in [5, 5.41) is 2.70. The molecule has 1 unspecified atom stereocenters. The van der Waals surface area contributed by atoms with Gasteiger partial charge in [0.25, 0.3) is 5.91 Å². The molecule has 0 aliphatic heterocycles. The van der Waals surface area contributed by atoms with Crippen LogP contribution in [-0.2, 0) is 0 Å². The molecule has 14 heavy (non-hydrogen) atoms. The van der Waals surface area contributed by atoms with Gasteiger partial charge in [-0.1, -0.05) is 18.9 Å². The second-order valence-electron chi connectivity index (χ2n) is 2.82. The highest BCUT2D eigenvalue weighted by Gasteiger charge is 2.09. The molecule has 0 spiro atoms. The van der Waals surface area contributed by atoms with Gasteiger partial charge >= 0.3 is 0 Å². The van der Waals surface area contributed by atoms with Crippen LogP contribution in [0.15, 0.2) is 24.4 Å². The van der Waals surface area contributed by atoms with Crippen LogP contribution in [-0.4, -0.2) is 16.9 Å². The summed E-state index contributed by atoms with van der Waals surface area (Å²) in [6.07, 6.45) is 7.52. The van der Waals surface area contributed by atoms with Crippen molar-refractivity contribution in [2.24, 2.45) is 0 Å². The lowest BCUT2D eigenvalue weighted by atomic mass is 10.2. The lowest BCUT2D eigenvalue weighted by Gasteiger charge is -2.09. The second-order valence-corrected chi connectivity index (χ2v) is 2.82. The fourth-order valence-corrected chi connectivity index (χ4v) is 0.991. The van der Waals surface area contributed by atoms with Crippen molar-refractivity contribution < 1.29 is 4.79 Å². The van der Waals surface area contributed by atoms with E-state index in [0.717, 1.165) is 6.42 Å². The standard InChI is InChI=1S/C11H12N2O/c1-3-9(4-2)13-11(14)10-7-5-6-8-12-10/h1,5-9H,4H2,2H3,(H,13,14). The van der Waals surface area contributed by atoms with Crippen LogP contribution in [0.1, 0.15) is 23.8 Å². The van der Waals surface area contributed by atoms with Gasteiger partial charge in [-0.25, -0.2) is 0 Å². The van der Waals surface area contributed by atoms with Crippen molar-refractivity contribution in [3.8, 4) is 12.3 Å². The summed E-state index contributed by atoms with van der Waals surface area (Å²) in [6.45, 7) is 1.92. The molecule has 0 aromatic carbocycles. The van der Waals surface area contributed by atoms with Crippen LogP contribution >= 0.6 is 0 Å². The second kappa shape index (κ2) is 5.03. The maximum atomic E-state index is 11.5. The molecule has 0 bridgehead atoms. The molecule has 0 fully saturated rings. The fraction of sp³-hybridized carbons (Fsp3) is 0.273. The van der Waals surface area contributed by atoms with E-state index in [0.29, 0.717) is 5.69 Å². The van der Waals surface area contributed by atoms with Crippen LogP contribution < -0.4 is 5.32 Å². The molecule has 0 aliphatic rings. The van der Waals surface area contributed by atoms with E-state index in [-0.39, 0.29) is 11.9 Å². The maximum absolute atomic E-state index is 11.5. The number of nitrogens with zero attached hydrogens (tertiary/aromatic N) is 1. The van der Waals surface area contributed by atoms with E-state index in [1.165, 1.54) is 0 Å². The van der Waals surface area contributed by atoms with Gasteiger partial charge in [-0.3, -0.25) is 9.78 Å². The van der Waals surface area contributed by atoms with Gasteiger partial charge in [0.15, 0.2) is 0 Å². The van der Waals surface area contributed by atoms with Gasteiger partial charge in [0, 0.05) is 6.20 Å². The van der Waals surface area contributed by atoms with Gasteiger partial charge in [-0.05, 0) is 18.6 Å². The Morgan fingerprint density at radius 1 is 1.71 bits per heavy atom. The smallest absolute Gasteiger partial charge is 0.270 e. The predicted octanol–water partition coefficient (Wildman–Crippen LogP) is 1.22. The summed E-state index contributed by atoms with van der Waals surface area (Å²) in [5.74, 6) is 2.27. The van der Waals surface area contributed by atoms with Gasteiger partial charge in [0.1, 0.15) is 5.69 Å². The van der Waals surface area contributed by atoms with Gasteiger partial charge in [-0.15, -0.1) is 6.42 Å². The highest BCUT2D eigenvalue weighted by atomic mass is 16.1. The topological polar surface area (TPSA) is 42.0 Å². The van der Waals surface area contributed by atoms with E-state index in [1.54, 1.807) is 24.4 Å². The average molecular weight is 188 g/mol. The zero-order chi connectivity index (χ0) is 10.4. The summed E-state index contributed by atoms with van der Waals surface area (Å²) in [5.41, 5.74) is 0.390. The molecule has 72 valence electrons. The normalized spacial score (nSPS) is 11.4. The zero-order valence-electron chi connectivity index (χ0n) is 8.03. The van der Waals surface area contributed by atoms with Gasteiger partial charge in [-0.2, -0.15) is 0 Å². The van der Waals surface area contributed by atoms with Crippen LogP contribution in [0.3, 0.4) is 0 Å². The SMILES string of the molecule is C#CC(CC)NC(=O)c1ccccn1. The van der Waals surface area contributed by atoms with E-state index < -0.39 is 0 Å². The lowest BCUT2D eigenvalue weighted by molar-refractivity contribution is 0.0940. The van der Waals surface area contributed by atoms with E-state index in [4.69, 9.17) is 6.42 Å². The summed E-state index contributed by atoms with van der Waals surface area (Å²) in [7, 11) is 0.